The van der Waals surface area contributed by atoms with E-state index in [9.17, 15) is 73.2 Å². The van der Waals surface area contributed by atoms with Crippen LogP contribution in [0.3, 0.4) is 0 Å². The van der Waals surface area contributed by atoms with Gasteiger partial charge in [0.1, 0.15) is 60.5 Å². The number of carboxylic acids is 1. The summed E-state index contributed by atoms with van der Waals surface area (Å²) in [5.41, 5.74) is 0. The monoisotopic (exact) mass is 1140 g/mol. The van der Waals surface area contributed by atoms with Crippen molar-refractivity contribution in [3.63, 3.8) is 0 Å². The number of aliphatic carboxylic acids is 1. The smallest absolute Gasteiger partial charge is 0.329 e. The quantitative estimate of drug-likeness (QED) is 0.0374. The third kappa shape index (κ3) is 26.1. The number of carbonyl (C=O) groups is 11. The highest BCUT2D eigenvalue weighted by molar-refractivity contribution is 5.99. The molecule has 458 valence electrons. The molecule has 0 aromatic rings. The molecule has 1 fully saturated rings. The molecule has 1 aliphatic rings. The Morgan fingerprint density at radius 1 is 0.562 bits per heavy atom. The van der Waals surface area contributed by atoms with Crippen molar-refractivity contribution in [2.45, 2.75) is 240 Å². The number of aliphatic hydroxyl groups excluding tert-OH is 3. The van der Waals surface area contributed by atoms with Crippen molar-refractivity contribution in [3.8, 4) is 0 Å². The van der Waals surface area contributed by atoms with Crippen LogP contribution < -0.4 is 47.9 Å². The molecule has 1 aliphatic heterocycles. The number of cyclic esters (lactones) is 1. The van der Waals surface area contributed by atoms with Gasteiger partial charge in [0.05, 0.1) is 25.7 Å². The van der Waals surface area contributed by atoms with Gasteiger partial charge in [0, 0.05) is 6.42 Å². The van der Waals surface area contributed by atoms with Crippen LogP contribution in [0.5, 0.6) is 0 Å². The number of ether oxygens (including phenoxy) is 1. The molecule has 9 amide bonds. The van der Waals surface area contributed by atoms with Gasteiger partial charge in [0.25, 0.3) is 0 Å². The van der Waals surface area contributed by atoms with Crippen LogP contribution in [-0.4, -0.2) is 165 Å². The van der Waals surface area contributed by atoms with Crippen LogP contribution in [0, 0.1) is 29.6 Å². The number of hydrogen-bond donors (Lipinski definition) is 13. The normalized spacial score (nSPS) is 24.2. The fourth-order valence-electron chi connectivity index (χ4n) is 8.78. The second-order valence-corrected chi connectivity index (χ2v) is 22.5. The van der Waals surface area contributed by atoms with Crippen molar-refractivity contribution >= 4 is 65.1 Å². The van der Waals surface area contributed by atoms with Gasteiger partial charge in [-0.3, -0.25) is 47.9 Å². The summed E-state index contributed by atoms with van der Waals surface area (Å²) in [4.78, 5) is 153. The predicted molar refractivity (Wildman–Crippen MR) is 295 cm³/mol. The van der Waals surface area contributed by atoms with Gasteiger partial charge in [-0.25, -0.2) is 4.79 Å². The summed E-state index contributed by atoms with van der Waals surface area (Å²) in [6.45, 7) is 18.5. The minimum atomic E-state index is -1.95. The summed E-state index contributed by atoms with van der Waals surface area (Å²) in [5.74, 6) is -13.3. The Morgan fingerprint density at radius 3 is 1.52 bits per heavy atom. The lowest BCUT2D eigenvalue weighted by molar-refractivity contribution is -0.158. The van der Waals surface area contributed by atoms with Crippen LogP contribution in [0.2, 0.25) is 0 Å². The average Bonchev–Trinajstić information content (AvgIpc) is 3.38. The first kappa shape index (κ1) is 72.1. The van der Waals surface area contributed by atoms with Crippen LogP contribution in [-0.2, 0) is 57.5 Å². The maximum atomic E-state index is 14.8. The van der Waals surface area contributed by atoms with Gasteiger partial charge in [0.2, 0.25) is 53.2 Å². The second-order valence-electron chi connectivity index (χ2n) is 22.5. The van der Waals surface area contributed by atoms with E-state index < -0.39 is 170 Å². The largest absolute Gasteiger partial charge is 0.481 e. The van der Waals surface area contributed by atoms with Crippen molar-refractivity contribution < 1.29 is 77.9 Å². The van der Waals surface area contributed by atoms with Gasteiger partial charge in [-0.05, 0) is 68.6 Å². The van der Waals surface area contributed by atoms with Gasteiger partial charge in [0.15, 0.2) is 0 Å². The van der Waals surface area contributed by atoms with Crippen molar-refractivity contribution in [1.82, 2.24) is 47.9 Å². The maximum absolute atomic E-state index is 14.8. The summed E-state index contributed by atoms with van der Waals surface area (Å²) < 4.78 is 5.85. The lowest BCUT2D eigenvalue weighted by atomic mass is 9.96. The van der Waals surface area contributed by atoms with E-state index in [0.29, 0.717) is 12.8 Å². The van der Waals surface area contributed by atoms with E-state index in [1.54, 1.807) is 69.2 Å². The fourth-order valence-corrected chi connectivity index (χ4v) is 8.78. The van der Waals surface area contributed by atoms with Crippen LogP contribution in [0.1, 0.15) is 173 Å². The Bertz CT molecular complexity index is 2040. The number of unbranched alkanes of at least 4 members (excludes halogenated alkanes) is 4. The minimum absolute atomic E-state index is 0.00960. The molecule has 25 nitrogen and oxygen atoms in total. The Hall–Kier alpha value is -5.95. The number of aliphatic hydroxyl groups is 3. The number of rotatable bonds is 28. The summed E-state index contributed by atoms with van der Waals surface area (Å²) >= 11 is 0. The second kappa shape index (κ2) is 37.1. The Labute approximate surface area is 471 Å². The zero-order chi connectivity index (χ0) is 61.0. The molecule has 25 heteroatoms. The first-order valence-corrected chi connectivity index (χ1v) is 28.6. The molecule has 0 saturated carbocycles. The first-order valence-electron chi connectivity index (χ1n) is 28.6. The highest BCUT2D eigenvalue weighted by Gasteiger charge is 2.41. The molecule has 13 atom stereocenters. The zero-order valence-electron chi connectivity index (χ0n) is 49.2. The standard InChI is InChI=1S/C55H97N9O16/c1-13-16-17-18-19-20-35(67)26-42(68)56-37(23-29(4)5)48(72)57-36(21-22-43(69)70)47(71)64-46-34(12)80-55(79)45(33(11)15-3)63-52(76)41(28-66)61-49(73)38(24-30(6)7)58-51(75)40(27-65)60-50(74)39(25-31(8)9)59-53(77)44(32(10)14-2)62-54(46)78/h29-41,44-46,65-67H,13-28H2,1-12H3,(H,56,68)(H,57,72)(H,58,75)(H,59,77)(H,60,74)(H,61,73)(H,62,78)(H,63,76)(H,64,71)(H,69,70)/t32-,33-,34+,35-,36+,37-,38-,39-,40+,41+,44+,45-,46+/m0/s1. The molecule has 0 bridgehead atoms. The molecule has 1 rings (SSSR count). The molecular weight excluding hydrogens is 1040 g/mol. The van der Waals surface area contributed by atoms with E-state index in [2.05, 4.69) is 54.8 Å². The number of hydrogen-bond acceptors (Lipinski definition) is 15. The van der Waals surface area contributed by atoms with Crippen LogP contribution in [0.4, 0.5) is 0 Å². The van der Waals surface area contributed by atoms with Crippen molar-refractivity contribution in [2.75, 3.05) is 13.2 Å². The third-order valence-electron chi connectivity index (χ3n) is 13.9. The van der Waals surface area contributed by atoms with E-state index in [1.165, 1.54) is 6.92 Å². The number of carboxylic acid groups (broad SMARTS) is 1. The SMILES string of the molecule is CCCCCCC[C@H](O)CC(=O)N[C@@H](CC(C)C)C(=O)N[C@H](CCC(=O)O)C(=O)N[C@H]1C(=O)N[C@H]([C@@H](C)CC)C(=O)N[C@@H](CC(C)C)C(=O)N[C@H](CO)C(=O)N[C@@H](CC(C)C)C(=O)N[C@H](CO)C(=O)N[C@@H]([C@@H](C)CC)C(=O)O[C@@H]1C. The number of esters is 1. The van der Waals surface area contributed by atoms with Gasteiger partial charge >= 0.3 is 11.9 Å². The van der Waals surface area contributed by atoms with E-state index in [0.717, 1.165) is 25.7 Å². The fraction of sp³-hybridized carbons (Fsp3) is 0.800. The molecule has 1 saturated heterocycles. The highest BCUT2D eigenvalue weighted by Crippen LogP contribution is 2.17. The summed E-state index contributed by atoms with van der Waals surface area (Å²) in [6.07, 6.45) is 1.31. The Morgan fingerprint density at radius 2 is 1.04 bits per heavy atom. The van der Waals surface area contributed by atoms with Crippen molar-refractivity contribution in [1.29, 1.82) is 0 Å². The lowest BCUT2D eigenvalue weighted by Crippen LogP contribution is -2.64. The van der Waals surface area contributed by atoms with Crippen LogP contribution >= 0.6 is 0 Å². The van der Waals surface area contributed by atoms with Crippen LogP contribution in [0.25, 0.3) is 0 Å². The predicted octanol–water partition coefficient (Wildman–Crippen LogP) is 0.486. The molecule has 0 aromatic carbocycles. The summed E-state index contributed by atoms with van der Waals surface area (Å²) in [5, 5.41) is 63.7. The molecule has 0 aliphatic carbocycles. The van der Waals surface area contributed by atoms with E-state index >= 15 is 0 Å². The molecule has 13 N–H and O–H groups in total. The number of carbonyl (C=O) groups excluding carboxylic acids is 10. The summed E-state index contributed by atoms with van der Waals surface area (Å²) in [6, 6.07) is -14.1. The van der Waals surface area contributed by atoms with Gasteiger partial charge in [-0.15, -0.1) is 0 Å². The molecular formula is C55H97N9O16. The van der Waals surface area contributed by atoms with Gasteiger partial charge in [-0.2, -0.15) is 0 Å². The lowest BCUT2D eigenvalue weighted by Gasteiger charge is -2.32. The molecule has 0 unspecified atom stereocenters. The number of nitrogens with one attached hydrogen (secondary N) is 9. The van der Waals surface area contributed by atoms with Gasteiger partial charge < -0.3 is 73.0 Å². The number of amides is 9. The first-order chi connectivity index (χ1) is 37.5. The van der Waals surface area contributed by atoms with E-state index in [-0.39, 0.29) is 56.3 Å². The highest BCUT2D eigenvalue weighted by atomic mass is 16.5. The molecule has 0 aromatic heterocycles. The molecule has 80 heavy (non-hydrogen) atoms. The molecule has 0 radical (unpaired) electrons. The van der Waals surface area contributed by atoms with E-state index in [4.69, 9.17) is 4.74 Å². The zero-order valence-corrected chi connectivity index (χ0v) is 49.2. The summed E-state index contributed by atoms with van der Waals surface area (Å²) in [7, 11) is 0. The van der Waals surface area contributed by atoms with Crippen LogP contribution in [0.15, 0.2) is 0 Å². The Balaban J connectivity index is 4.04. The third-order valence-corrected chi connectivity index (χ3v) is 13.9. The minimum Gasteiger partial charge on any atom is -0.481 e. The molecule has 0 spiro atoms. The van der Waals surface area contributed by atoms with Crippen molar-refractivity contribution in [3.05, 3.63) is 0 Å². The van der Waals surface area contributed by atoms with E-state index in [1.807, 2.05) is 0 Å². The maximum Gasteiger partial charge on any atom is 0.329 e. The average molecular weight is 1140 g/mol. The van der Waals surface area contributed by atoms with Gasteiger partial charge in [-0.1, -0.05) is 121 Å². The topological polar surface area (TPSA) is 386 Å². The molecule has 1 heterocycles. The van der Waals surface area contributed by atoms with Crippen molar-refractivity contribution in [2.24, 2.45) is 29.6 Å². The Kier molecular flexibility index (Phi) is 33.5.